The third-order valence-corrected chi connectivity index (χ3v) is 8.75. The van der Waals surface area contributed by atoms with Crippen molar-refractivity contribution in [2.24, 2.45) is 5.92 Å². The Labute approximate surface area is 227 Å². The number of halogens is 3. The normalized spacial score (nSPS) is 23.7. The highest BCUT2D eigenvalue weighted by Gasteiger charge is 2.33. The lowest BCUT2D eigenvalue weighted by Crippen LogP contribution is -2.25. The molecule has 1 saturated carbocycles. The van der Waals surface area contributed by atoms with Crippen molar-refractivity contribution in [1.82, 2.24) is 0 Å². The third kappa shape index (κ3) is 6.94. The van der Waals surface area contributed by atoms with Crippen LogP contribution in [0.2, 0.25) is 10.0 Å². The van der Waals surface area contributed by atoms with Crippen LogP contribution in [0.1, 0.15) is 73.0 Å². The van der Waals surface area contributed by atoms with E-state index in [4.69, 9.17) is 49.0 Å². The molecule has 2 heterocycles. The van der Waals surface area contributed by atoms with Gasteiger partial charge in [-0.15, -0.1) is 22.9 Å². The molecule has 2 fully saturated rings. The number of rotatable bonds is 9. The predicted octanol–water partition coefficient (Wildman–Crippen LogP) is 8.32. The topological polar surface area (TPSA) is 44.8 Å². The van der Waals surface area contributed by atoms with Gasteiger partial charge in [0, 0.05) is 20.8 Å². The summed E-state index contributed by atoms with van der Waals surface area (Å²) in [6, 6.07) is 5.73. The van der Waals surface area contributed by atoms with E-state index in [9.17, 15) is 4.79 Å². The fraction of sp³-hybridized carbons (Fsp3) is 0.593. The molecule has 1 aromatic heterocycles. The van der Waals surface area contributed by atoms with Crippen molar-refractivity contribution in [2.45, 2.75) is 83.0 Å². The van der Waals surface area contributed by atoms with Gasteiger partial charge in [-0.3, -0.25) is 0 Å². The maximum atomic E-state index is 12.9. The smallest absolute Gasteiger partial charge is 0.348 e. The van der Waals surface area contributed by atoms with Crippen molar-refractivity contribution >= 4 is 52.1 Å². The summed E-state index contributed by atoms with van der Waals surface area (Å²) in [5, 5.41) is 1.53. The number of benzene rings is 1. The molecule has 1 aliphatic heterocycles. The molecule has 1 aliphatic carbocycles. The minimum atomic E-state index is -0.646. The Morgan fingerprint density at radius 3 is 2.66 bits per heavy atom. The molecule has 35 heavy (non-hydrogen) atoms. The summed E-state index contributed by atoms with van der Waals surface area (Å²) in [4.78, 5) is 14.6. The van der Waals surface area contributed by atoms with Gasteiger partial charge in [0.25, 0.3) is 0 Å². The lowest BCUT2D eigenvalue weighted by atomic mass is 9.92. The molecule has 0 radical (unpaired) electrons. The molecule has 0 amide bonds. The van der Waals surface area contributed by atoms with E-state index in [-0.39, 0.29) is 24.1 Å². The fourth-order valence-electron chi connectivity index (χ4n) is 5.00. The van der Waals surface area contributed by atoms with Crippen molar-refractivity contribution in [1.29, 1.82) is 0 Å². The first-order chi connectivity index (χ1) is 16.6. The summed E-state index contributed by atoms with van der Waals surface area (Å²) < 4.78 is 16.9. The van der Waals surface area contributed by atoms with Crippen LogP contribution in [0.4, 0.5) is 0 Å². The van der Waals surface area contributed by atoms with Crippen LogP contribution in [-0.2, 0) is 27.1 Å². The first-order valence-corrected chi connectivity index (χ1v) is 14.4. The van der Waals surface area contributed by atoms with E-state index in [1.165, 1.54) is 17.8 Å². The summed E-state index contributed by atoms with van der Waals surface area (Å²) in [5.74, 6) is -0.373. The Balaban J connectivity index is 1.56. The monoisotopic (exact) mass is 558 g/mol. The van der Waals surface area contributed by atoms with Gasteiger partial charge in [-0.1, -0.05) is 36.5 Å². The highest BCUT2D eigenvalue weighted by molar-refractivity contribution is 7.14. The van der Waals surface area contributed by atoms with Crippen molar-refractivity contribution in [3.63, 3.8) is 0 Å². The third-order valence-electron chi connectivity index (χ3n) is 6.66. The Morgan fingerprint density at radius 2 is 2.00 bits per heavy atom. The van der Waals surface area contributed by atoms with Crippen LogP contribution in [0.25, 0.3) is 11.1 Å². The first-order valence-electron chi connectivity index (χ1n) is 12.4. The van der Waals surface area contributed by atoms with Gasteiger partial charge in [0.05, 0.1) is 11.6 Å². The molecule has 3 unspecified atom stereocenters. The summed E-state index contributed by atoms with van der Waals surface area (Å²) in [6.45, 7) is 6.41. The summed E-state index contributed by atoms with van der Waals surface area (Å²) >= 11 is 21.0. The Hall–Kier alpha value is -0.820. The minimum absolute atomic E-state index is 0.161. The lowest BCUT2D eigenvalue weighted by Gasteiger charge is -2.16. The van der Waals surface area contributed by atoms with E-state index >= 15 is 0 Å². The van der Waals surface area contributed by atoms with Crippen LogP contribution < -0.4 is 0 Å². The zero-order chi connectivity index (χ0) is 25.2. The van der Waals surface area contributed by atoms with Crippen LogP contribution in [0.3, 0.4) is 0 Å². The number of ether oxygens (including phenoxy) is 3. The summed E-state index contributed by atoms with van der Waals surface area (Å²) in [6.07, 6.45) is 6.80. The van der Waals surface area contributed by atoms with Crippen molar-refractivity contribution in [3.05, 3.63) is 43.6 Å². The molecule has 0 N–H and O–H groups in total. The molecular formula is C27H33Cl3O4S. The van der Waals surface area contributed by atoms with Gasteiger partial charge in [-0.25, -0.2) is 4.79 Å². The molecule has 1 saturated heterocycles. The van der Waals surface area contributed by atoms with Gasteiger partial charge in [-0.05, 0) is 87.6 Å². The maximum Gasteiger partial charge on any atom is 0.348 e. The second kappa shape index (κ2) is 11.7. The van der Waals surface area contributed by atoms with Crippen molar-refractivity contribution in [3.8, 4) is 11.1 Å². The van der Waals surface area contributed by atoms with Crippen molar-refractivity contribution < 1.29 is 19.0 Å². The quantitative estimate of drug-likeness (QED) is 0.229. The van der Waals surface area contributed by atoms with Crippen LogP contribution in [-0.4, -0.2) is 36.5 Å². The number of carbonyl (C=O) groups excluding carboxylic acids is 1. The van der Waals surface area contributed by atoms with Gasteiger partial charge >= 0.3 is 5.97 Å². The molecule has 1 aromatic carbocycles. The molecule has 192 valence electrons. The highest BCUT2D eigenvalue weighted by atomic mass is 35.5. The van der Waals surface area contributed by atoms with Gasteiger partial charge in [-0.2, -0.15) is 0 Å². The fourth-order valence-corrected chi connectivity index (χ4v) is 7.18. The maximum absolute atomic E-state index is 12.9. The van der Waals surface area contributed by atoms with E-state index in [2.05, 4.69) is 6.92 Å². The van der Waals surface area contributed by atoms with E-state index in [1.54, 1.807) is 6.07 Å². The average Bonchev–Trinajstić information content (AvgIpc) is 3.49. The van der Waals surface area contributed by atoms with Crippen LogP contribution in [0.15, 0.2) is 18.2 Å². The molecule has 8 heteroatoms. The number of carbonyl (C=O) groups is 1. The van der Waals surface area contributed by atoms with Crippen LogP contribution in [0.5, 0.6) is 0 Å². The van der Waals surface area contributed by atoms with Crippen molar-refractivity contribution in [2.75, 3.05) is 13.2 Å². The standard InChI is InChI=1S/C27H33Cl3O4S/c1-4-5-23-21(13-24(35-23)26(31)32-14-20-15-33-27(2,3)34-20)25-17(11-19(29)12-22(25)30)8-6-16-7-9-18(28)10-16/h11-13,16,18,20H,4-10,14-15H2,1-3H3. The molecule has 4 nitrogen and oxygen atoms in total. The van der Waals surface area contributed by atoms with Crippen LogP contribution in [0, 0.1) is 5.92 Å². The Kier molecular flexibility index (Phi) is 9.10. The summed E-state index contributed by atoms with van der Waals surface area (Å²) in [5.41, 5.74) is 3.10. The Bertz CT molecular complexity index is 1050. The number of alkyl halides is 1. The van der Waals surface area contributed by atoms with E-state index in [1.807, 2.05) is 26.0 Å². The molecule has 0 bridgehead atoms. The molecule has 3 atom stereocenters. The second-order valence-electron chi connectivity index (χ2n) is 9.98. The number of hydrogen-bond donors (Lipinski definition) is 0. The van der Waals surface area contributed by atoms with Gasteiger partial charge in [0.15, 0.2) is 5.79 Å². The number of aryl methyl sites for hydroxylation is 2. The van der Waals surface area contributed by atoms with E-state index in [0.717, 1.165) is 60.1 Å². The summed E-state index contributed by atoms with van der Waals surface area (Å²) in [7, 11) is 0. The Morgan fingerprint density at radius 1 is 1.20 bits per heavy atom. The number of hydrogen-bond acceptors (Lipinski definition) is 5. The lowest BCUT2D eigenvalue weighted by molar-refractivity contribution is -0.142. The van der Waals surface area contributed by atoms with Crippen LogP contribution >= 0.6 is 46.1 Å². The predicted molar refractivity (Wildman–Crippen MR) is 144 cm³/mol. The minimum Gasteiger partial charge on any atom is -0.459 e. The molecule has 4 rings (SSSR count). The number of esters is 1. The van der Waals surface area contributed by atoms with E-state index < -0.39 is 5.79 Å². The molecule has 2 aromatic rings. The van der Waals surface area contributed by atoms with Gasteiger partial charge in [0.1, 0.15) is 17.6 Å². The SMILES string of the molecule is CCCc1sc(C(=O)OCC2COC(C)(C)O2)cc1-c1c(Cl)cc(Cl)cc1CCC1CCC(Cl)C1. The molecular weight excluding hydrogens is 527 g/mol. The second-order valence-corrected chi connectivity index (χ2v) is 12.6. The number of thiophene rings is 1. The average molecular weight is 560 g/mol. The largest absolute Gasteiger partial charge is 0.459 e. The first kappa shape index (κ1) is 27.2. The highest BCUT2D eigenvalue weighted by Crippen LogP contribution is 2.42. The molecule has 2 aliphatic rings. The van der Waals surface area contributed by atoms with Gasteiger partial charge < -0.3 is 14.2 Å². The zero-order valence-corrected chi connectivity index (χ0v) is 23.6. The molecule has 0 spiro atoms. The van der Waals surface area contributed by atoms with E-state index in [0.29, 0.717) is 27.4 Å². The zero-order valence-electron chi connectivity index (χ0n) is 20.5. The van der Waals surface area contributed by atoms with Gasteiger partial charge in [0.2, 0.25) is 0 Å².